The predicted molar refractivity (Wildman–Crippen MR) is 82.3 cm³/mol. The van der Waals surface area contributed by atoms with Gasteiger partial charge in [-0.25, -0.2) is 4.98 Å². The van der Waals surface area contributed by atoms with Crippen molar-refractivity contribution in [2.75, 3.05) is 12.4 Å². The number of amides is 1. The lowest BCUT2D eigenvalue weighted by atomic mass is 9.77. The van der Waals surface area contributed by atoms with Crippen LogP contribution in [0.5, 0.6) is 5.88 Å². The van der Waals surface area contributed by atoms with Gasteiger partial charge in [-0.05, 0) is 30.7 Å². The van der Waals surface area contributed by atoms with Crippen LogP contribution >= 0.6 is 11.6 Å². The Kier molecular flexibility index (Phi) is 3.71. The first-order valence-corrected chi connectivity index (χ1v) is 7.29. The van der Waals surface area contributed by atoms with Gasteiger partial charge in [0.25, 0.3) is 0 Å². The molecule has 0 bridgehead atoms. The molecule has 8 heteroatoms. The average Bonchev–Trinajstić information content (AvgIpc) is 2.78. The summed E-state index contributed by atoms with van der Waals surface area (Å²) >= 11 is 5.98. The zero-order valence-electron chi connectivity index (χ0n) is 12.7. The molecule has 0 saturated heterocycles. The average molecular weight is 357 g/mol. The summed E-state index contributed by atoms with van der Waals surface area (Å²) < 4.78 is 43.8. The third-order valence-electron chi connectivity index (χ3n) is 4.14. The zero-order valence-corrected chi connectivity index (χ0v) is 13.4. The second-order valence-electron chi connectivity index (χ2n) is 5.55. The van der Waals surface area contributed by atoms with Gasteiger partial charge in [0, 0.05) is 17.4 Å². The molecule has 1 unspecified atom stereocenters. The number of pyridine rings is 1. The van der Waals surface area contributed by atoms with Crippen LogP contribution in [0, 0.1) is 0 Å². The Labute approximate surface area is 140 Å². The fourth-order valence-corrected chi connectivity index (χ4v) is 3.00. The molecule has 4 nitrogen and oxygen atoms in total. The minimum Gasteiger partial charge on any atom is -0.481 e. The van der Waals surface area contributed by atoms with Crippen molar-refractivity contribution >= 4 is 23.2 Å². The predicted octanol–water partition coefficient (Wildman–Crippen LogP) is 4.02. The summed E-state index contributed by atoms with van der Waals surface area (Å²) in [5.41, 5.74) is -1.19. The van der Waals surface area contributed by atoms with E-state index in [0.29, 0.717) is 16.1 Å². The van der Waals surface area contributed by atoms with E-state index in [-0.39, 0.29) is 11.6 Å². The first kappa shape index (κ1) is 16.6. The van der Waals surface area contributed by atoms with Crippen LogP contribution < -0.4 is 10.1 Å². The summed E-state index contributed by atoms with van der Waals surface area (Å²) in [6, 6.07) is 4.68. The number of rotatable bonds is 2. The number of methoxy groups -OCH3 is 1. The van der Waals surface area contributed by atoms with Crippen molar-refractivity contribution in [3.63, 3.8) is 0 Å². The molecule has 1 N–H and O–H groups in total. The maximum atomic E-state index is 12.9. The second-order valence-corrected chi connectivity index (χ2v) is 5.98. The van der Waals surface area contributed by atoms with Crippen LogP contribution in [0.15, 0.2) is 30.5 Å². The van der Waals surface area contributed by atoms with E-state index >= 15 is 0 Å². The number of halogens is 4. The maximum Gasteiger partial charge on any atom is 0.416 e. The molecule has 126 valence electrons. The molecule has 2 aromatic rings. The van der Waals surface area contributed by atoms with Gasteiger partial charge in [-0.1, -0.05) is 17.7 Å². The molecule has 0 saturated carbocycles. The Morgan fingerprint density at radius 2 is 1.96 bits per heavy atom. The molecule has 24 heavy (non-hydrogen) atoms. The highest BCUT2D eigenvalue weighted by Gasteiger charge is 2.47. The normalized spacial score (nSPS) is 19.8. The minimum atomic E-state index is -4.49. The minimum absolute atomic E-state index is 0.111. The van der Waals surface area contributed by atoms with Crippen molar-refractivity contribution in [3.05, 3.63) is 52.2 Å². The van der Waals surface area contributed by atoms with E-state index in [0.717, 1.165) is 12.1 Å². The second kappa shape index (κ2) is 5.37. The number of fused-ring (bicyclic) bond motifs is 1. The molecule has 3 rings (SSSR count). The van der Waals surface area contributed by atoms with Gasteiger partial charge in [0.2, 0.25) is 11.8 Å². The topological polar surface area (TPSA) is 51.2 Å². The molecule has 0 fully saturated rings. The number of carbonyl (C=O) groups is 1. The van der Waals surface area contributed by atoms with Gasteiger partial charge in [0.1, 0.15) is 5.41 Å². The Morgan fingerprint density at radius 3 is 2.58 bits per heavy atom. The van der Waals surface area contributed by atoms with Gasteiger partial charge >= 0.3 is 6.18 Å². The molecule has 1 aromatic carbocycles. The number of carbonyl (C=O) groups excluding carboxylic acids is 1. The molecular formula is C16H12ClF3N2O2. The van der Waals surface area contributed by atoms with E-state index in [1.54, 1.807) is 6.92 Å². The summed E-state index contributed by atoms with van der Waals surface area (Å²) in [7, 11) is 1.39. The summed E-state index contributed by atoms with van der Waals surface area (Å²) in [4.78, 5) is 16.6. The van der Waals surface area contributed by atoms with Crippen molar-refractivity contribution in [2.24, 2.45) is 0 Å². The number of aromatic nitrogens is 1. The Balaban J connectivity index is 2.21. The van der Waals surface area contributed by atoms with Crippen LogP contribution in [0.2, 0.25) is 5.02 Å². The van der Waals surface area contributed by atoms with Crippen LogP contribution in [0.4, 0.5) is 18.9 Å². The highest BCUT2D eigenvalue weighted by atomic mass is 35.5. The largest absolute Gasteiger partial charge is 0.481 e. The van der Waals surface area contributed by atoms with Crippen LogP contribution in [0.1, 0.15) is 23.6 Å². The lowest BCUT2D eigenvalue weighted by molar-refractivity contribution is -0.137. The van der Waals surface area contributed by atoms with E-state index < -0.39 is 23.1 Å². The Bertz CT molecular complexity index is 839. The SMILES string of the molecule is COc1ncc(Cl)cc1C1(C)C(=O)Nc2cc(C(F)(F)F)ccc21. The quantitative estimate of drug-likeness (QED) is 0.884. The van der Waals surface area contributed by atoms with E-state index in [9.17, 15) is 18.0 Å². The van der Waals surface area contributed by atoms with E-state index in [1.807, 2.05) is 0 Å². The van der Waals surface area contributed by atoms with E-state index in [4.69, 9.17) is 16.3 Å². The third-order valence-corrected chi connectivity index (χ3v) is 4.34. The molecule has 0 radical (unpaired) electrons. The molecule has 1 aliphatic rings. The summed E-state index contributed by atoms with van der Waals surface area (Å²) in [6.07, 6.45) is -3.12. The number of ether oxygens (including phenoxy) is 1. The lowest BCUT2D eigenvalue weighted by Crippen LogP contribution is -2.33. The summed E-state index contributed by atoms with van der Waals surface area (Å²) in [6.45, 7) is 1.59. The molecular weight excluding hydrogens is 345 g/mol. The Morgan fingerprint density at radius 1 is 1.25 bits per heavy atom. The van der Waals surface area contributed by atoms with Crippen molar-refractivity contribution in [2.45, 2.75) is 18.5 Å². The van der Waals surface area contributed by atoms with E-state index in [2.05, 4.69) is 10.3 Å². The highest BCUT2D eigenvalue weighted by Crippen LogP contribution is 2.47. The molecule has 0 aliphatic carbocycles. The monoisotopic (exact) mass is 356 g/mol. The fourth-order valence-electron chi connectivity index (χ4n) is 2.84. The highest BCUT2D eigenvalue weighted by molar-refractivity contribution is 6.30. The van der Waals surface area contributed by atoms with Gasteiger partial charge < -0.3 is 10.1 Å². The number of alkyl halides is 3. The number of nitrogens with zero attached hydrogens (tertiary/aromatic N) is 1. The van der Waals surface area contributed by atoms with Gasteiger partial charge in [0.05, 0.1) is 17.7 Å². The van der Waals surface area contributed by atoms with Crippen molar-refractivity contribution in [1.29, 1.82) is 0 Å². The van der Waals surface area contributed by atoms with Crippen molar-refractivity contribution in [3.8, 4) is 5.88 Å². The summed E-state index contributed by atoms with van der Waals surface area (Å²) in [5, 5.41) is 2.80. The molecule has 0 spiro atoms. The molecule has 1 atom stereocenters. The third kappa shape index (κ3) is 2.39. The van der Waals surface area contributed by atoms with Crippen LogP contribution in [-0.4, -0.2) is 18.0 Å². The van der Waals surface area contributed by atoms with Crippen LogP contribution in [-0.2, 0) is 16.4 Å². The van der Waals surface area contributed by atoms with Gasteiger partial charge in [0.15, 0.2) is 0 Å². The van der Waals surface area contributed by atoms with Gasteiger partial charge in [-0.2, -0.15) is 13.2 Å². The fraction of sp³-hybridized carbons (Fsp3) is 0.250. The number of nitrogens with one attached hydrogen (secondary N) is 1. The lowest BCUT2D eigenvalue weighted by Gasteiger charge is -2.24. The van der Waals surface area contributed by atoms with Crippen LogP contribution in [0.3, 0.4) is 0 Å². The number of anilines is 1. The smallest absolute Gasteiger partial charge is 0.416 e. The van der Waals surface area contributed by atoms with Crippen molar-refractivity contribution < 1.29 is 22.7 Å². The number of hydrogen-bond acceptors (Lipinski definition) is 3. The maximum absolute atomic E-state index is 12.9. The number of benzene rings is 1. The zero-order chi connectivity index (χ0) is 17.7. The summed E-state index contributed by atoms with van der Waals surface area (Å²) in [5.74, 6) is -0.288. The molecule has 2 heterocycles. The van der Waals surface area contributed by atoms with Crippen LogP contribution in [0.25, 0.3) is 0 Å². The van der Waals surface area contributed by atoms with Crippen molar-refractivity contribution in [1.82, 2.24) is 4.98 Å². The van der Waals surface area contributed by atoms with Gasteiger partial charge in [-0.15, -0.1) is 0 Å². The van der Waals surface area contributed by atoms with Gasteiger partial charge in [-0.3, -0.25) is 4.79 Å². The molecule has 1 aromatic heterocycles. The first-order valence-electron chi connectivity index (χ1n) is 6.91. The first-order chi connectivity index (χ1) is 11.2. The standard InChI is InChI=1S/C16H12ClF3N2O2/c1-15(11-6-9(17)7-21-13(11)24-2)10-4-3-8(16(18,19)20)5-12(10)22-14(15)23/h3-7H,1-2H3,(H,22,23). The Hall–Kier alpha value is -2.28. The molecule has 1 aliphatic heterocycles. The molecule has 1 amide bonds. The number of hydrogen-bond donors (Lipinski definition) is 1. The van der Waals surface area contributed by atoms with E-state index in [1.165, 1.54) is 25.4 Å².